The van der Waals surface area contributed by atoms with Crippen molar-refractivity contribution >= 4 is 17.5 Å². The molecule has 0 saturated carbocycles. The van der Waals surface area contributed by atoms with E-state index in [4.69, 9.17) is 10.5 Å². The highest BCUT2D eigenvalue weighted by Crippen LogP contribution is 2.33. The molecule has 2 aromatic rings. The number of hydrogen-bond acceptors (Lipinski definition) is 4. The second-order valence-corrected chi connectivity index (χ2v) is 6.85. The molecule has 6 nitrogen and oxygen atoms in total. The lowest BCUT2D eigenvalue weighted by atomic mass is 10.1. The summed E-state index contributed by atoms with van der Waals surface area (Å²) in [4.78, 5) is 27.5. The molecular weight excluding hydrogens is 387 g/mol. The highest BCUT2D eigenvalue weighted by atomic mass is 19.4. The Morgan fingerprint density at radius 1 is 1.17 bits per heavy atom. The highest BCUT2D eigenvalue weighted by Gasteiger charge is 2.33. The minimum absolute atomic E-state index is 0.000695. The topological polar surface area (TPSA) is 75.9 Å². The van der Waals surface area contributed by atoms with Crippen LogP contribution in [0.4, 0.5) is 18.9 Å². The van der Waals surface area contributed by atoms with Crippen molar-refractivity contribution in [2.45, 2.75) is 18.8 Å². The van der Waals surface area contributed by atoms with Gasteiger partial charge >= 0.3 is 6.18 Å². The van der Waals surface area contributed by atoms with Crippen LogP contribution in [0, 0.1) is 0 Å². The van der Waals surface area contributed by atoms with Gasteiger partial charge in [0.15, 0.2) is 6.10 Å². The van der Waals surface area contributed by atoms with Crippen molar-refractivity contribution in [1.82, 2.24) is 4.90 Å². The van der Waals surface area contributed by atoms with Gasteiger partial charge in [0.25, 0.3) is 5.91 Å². The third-order valence-corrected chi connectivity index (χ3v) is 4.53. The van der Waals surface area contributed by atoms with Gasteiger partial charge in [-0.05, 0) is 36.9 Å². The first-order valence-corrected chi connectivity index (χ1v) is 8.85. The van der Waals surface area contributed by atoms with E-state index in [0.717, 1.165) is 12.1 Å². The Kier molecular flexibility index (Phi) is 5.78. The lowest BCUT2D eigenvalue weighted by Gasteiger charge is -2.34. The van der Waals surface area contributed by atoms with Crippen molar-refractivity contribution in [3.05, 3.63) is 59.7 Å². The van der Waals surface area contributed by atoms with Gasteiger partial charge in [-0.15, -0.1) is 0 Å². The van der Waals surface area contributed by atoms with Gasteiger partial charge in [-0.2, -0.15) is 13.2 Å². The lowest BCUT2D eigenvalue weighted by molar-refractivity contribution is -0.137. The SMILES string of the molecule is CN(CC(=O)N1C[C@@H](C(N)=O)Oc2ccccc21)Cc1ccc(C(F)(F)F)cc1. The summed E-state index contributed by atoms with van der Waals surface area (Å²) < 4.78 is 43.5. The fourth-order valence-corrected chi connectivity index (χ4v) is 3.10. The van der Waals surface area contributed by atoms with Crippen molar-refractivity contribution in [2.75, 3.05) is 25.0 Å². The summed E-state index contributed by atoms with van der Waals surface area (Å²) in [6.45, 7) is 0.287. The maximum absolute atomic E-state index is 12.8. The molecule has 0 saturated heterocycles. The lowest BCUT2D eigenvalue weighted by Crippen LogP contribution is -2.51. The van der Waals surface area contributed by atoms with Crippen molar-refractivity contribution in [1.29, 1.82) is 0 Å². The third-order valence-electron chi connectivity index (χ3n) is 4.53. The summed E-state index contributed by atoms with van der Waals surface area (Å²) in [6, 6.07) is 11.6. The van der Waals surface area contributed by atoms with Gasteiger partial charge in [-0.25, -0.2) is 0 Å². The molecule has 0 aromatic heterocycles. The van der Waals surface area contributed by atoms with E-state index < -0.39 is 23.8 Å². The number of nitrogens with two attached hydrogens (primary N) is 1. The molecule has 1 heterocycles. The quantitative estimate of drug-likeness (QED) is 0.826. The monoisotopic (exact) mass is 407 g/mol. The number of nitrogens with zero attached hydrogens (tertiary/aromatic N) is 2. The average Bonchev–Trinajstić information content (AvgIpc) is 2.66. The van der Waals surface area contributed by atoms with E-state index >= 15 is 0 Å². The number of anilines is 1. The number of fused-ring (bicyclic) bond motifs is 1. The Hall–Kier alpha value is -3.07. The number of hydrogen-bond donors (Lipinski definition) is 1. The first-order valence-electron chi connectivity index (χ1n) is 8.85. The maximum Gasteiger partial charge on any atom is 0.416 e. The minimum Gasteiger partial charge on any atom is -0.477 e. The zero-order valence-corrected chi connectivity index (χ0v) is 15.6. The summed E-state index contributed by atoms with van der Waals surface area (Å²) >= 11 is 0. The van der Waals surface area contributed by atoms with Gasteiger partial charge in [0.05, 0.1) is 24.3 Å². The molecule has 0 fully saturated rings. The van der Waals surface area contributed by atoms with Crippen LogP contribution in [0.15, 0.2) is 48.5 Å². The van der Waals surface area contributed by atoms with Crippen molar-refractivity contribution in [3.63, 3.8) is 0 Å². The zero-order chi connectivity index (χ0) is 21.2. The van der Waals surface area contributed by atoms with Crippen LogP contribution >= 0.6 is 0 Å². The van der Waals surface area contributed by atoms with Crippen LogP contribution in [0.5, 0.6) is 5.75 Å². The Morgan fingerprint density at radius 2 is 1.83 bits per heavy atom. The summed E-state index contributed by atoms with van der Waals surface area (Å²) in [5.74, 6) is -0.557. The first-order chi connectivity index (χ1) is 13.6. The van der Waals surface area contributed by atoms with Crippen LogP contribution in [0.25, 0.3) is 0 Å². The molecule has 2 N–H and O–H groups in total. The van der Waals surface area contributed by atoms with Gasteiger partial charge in [0, 0.05) is 6.54 Å². The molecule has 9 heteroatoms. The van der Waals surface area contributed by atoms with Gasteiger partial charge in [0.2, 0.25) is 5.91 Å². The van der Waals surface area contributed by atoms with Crippen molar-refractivity contribution in [3.8, 4) is 5.75 Å². The molecule has 1 atom stereocenters. The van der Waals surface area contributed by atoms with Crippen LogP contribution in [0.1, 0.15) is 11.1 Å². The molecule has 0 aliphatic carbocycles. The molecule has 2 aromatic carbocycles. The second kappa shape index (κ2) is 8.12. The van der Waals surface area contributed by atoms with Gasteiger partial charge in [-0.3, -0.25) is 14.5 Å². The number of rotatable bonds is 5. The molecule has 0 radical (unpaired) electrons. The second-order valence-electron chi connectivity index (χ2n) is 6.85. The van der Waals surface area contributed by atoms with Crippen LogP contribution in [-0.4, -0.2) is 43.0 Å². The molecule has 3 rings (SSSR count). The molecule has 0 unspecified atom stereocenters. The number of carbonyl (C=O) groups excluding carboxylic acids is 2. The van der Waals surface area contributed by atoms with Crippen LogP contribution in [0.2, 0.25) is 0 Å². The number of primary amides is 1. The van der Waals surface area contributed by atoms with Crippen molar-refractivity contribution in [2.24, 2.45) is 5.73 Å². The highest BCUT2D eigenvalue weighted by molar-refractivity contribution is 5.98. The number of likely N-dealkylation sites (N-methyl/N-ethyl adjacent to an activating group) is 1. The van der Waals surface area contributed by atoms with Crippen LogP contribution in [0.3, 0.4) is 0 Å². The van der Waals surface area contributed by atoms with Gasteiger partial charge in [-0.1, -0.05) is 24.3 Å². The molecule has 1 aliphatic rings. The van der Waals surface area contributed by atoms with E-state index in [0.29, 0.717) is 17.0 Å². The third kappa shape index (κ3) is 4.86. The molecular formula is C20H20F3N3O3. The number of para-hydroxylation sites is 2. The largest absolute Gasteiger partial charge is 0.477 e. The zero-order valence-electron chi connectivity index (χ0n) is 15.6. The summed E-state index contributed by atoms with van der Waals surface area (Å²) in [7, 11) is 1.69. The van der Waals surface area contributed by atoms with E-state index in [1.54, 1.807) is 36.2 Å². The van der Waals surface area contributed by atoms with E-state index in [9.17, 15) is 22.8 Å². The van der Waals surface area contributed by atoms with Crippen LogP contribution < -0.4 is 15.4 Å². The number of carbonyl (C=O) groups is 2. The fourth-order valence-electron chi connectivity index (χ4n) is 3.10. The number of alkyl halides is 3. The van der Waals surface area contributed by atoms with Gasteiger partial charge < -0.3 is 15.4 Å². The predicted molar refractivity (Wildman–Crippen MR) is 100 cm³/mol. The first kappa shape index (κ1) is 20.7. The number of benzene rings is 2. The predicted octanol–water partition coefficient (Wildman–Crippen LogP) is 2.42. The van der Waals surface area contributed by atoms with E-state index in [1.165, 1.54) is 17.0 Å². The van der Waals surface area contributed by atoms with Crippen molar-refractivity contribution < 1.29 is 27.5 Å². The van der Waals surface area contributed by atoms with Gasteiger partial charge in [0.1, 0.15) is 5.75 Å². The summed E-state index contributed by atoms with van der Waals surface area (Å²) in [5.41, 5.74) is 5.80. The minimum atomic E-state index is -4.39. The Morgan fingerprint density at radius 3 is 2.45 bits per heavy atom. The maximum atomic E-state index is 12.8. The Labute approximate surface area is 165 Å². The number of ether oxygens (including phenoxy) is 1. The van der Waals surface area contributed by atoms with E-state index in [1.807, 2.05) is 0 Å². The number of amides is 2. The Bertz CT molecular complexity index is 900. The summed E-state index contributed by atoms with van der Waals surface area (Å²) in [5, 5.41) is 0. The molecule has 1 aliphatic heterocycles. The fraction of sp³-hybridized carbons (Fsp3) is 0.300. The van der Waals surface area contributed by atoms with Crippen LogP contribution in [-0.2, 0) is 22.3 Å². The molecule has 154 valence electrons. The standard InChI is InChI=1S/C20H20F3N3O3/c1-25(10-13-6-8-14(9-7-13)20(21,22)23)12-18(27)26-11-17(19(24)28)29-16-5-3-2-4-15(16)26/h2-9,17H,10-12H2,1H3,(H2,24,28)/t17-/m0/s1. The Balaban J connectivity index is 1.68. The summed E-state index contributed by atoms with van der Waals surface area (Å²) in [6.07, 6.45) is -5.34. The molecule has 0 spiro atoms. The molecule has 2 amide bonds. The molecule has 29 heavy (non-hydrogen) atoms. The smallest absolute Gasteiger partial charge is 0.416 e. The normalized spacial score (nSPS) is 16.3. The number of halogens is 3. The van der Waals surface area contributed by atoms with E-state index in [2.05, 4.69) is 0 Å². The molecule has 0 bridgehead atoms. The van der Waals surface area contributed by atoms with E-state index in [-0.39, 0.29) is 25.5 Å². The average molecular weight is 407 g/mol.